The Balaban J connectivity index is 1.81. The molecule has 2 rings (SSSR count). The number of hydrogen-bond donors (Lipinski definition) is 1. The SMILES string of the molecule is CC[C@H](Sc1ccc(Cl)cc1)C(=O)NCCOc1ccccc1C(C)C. The highest BCUT2D eigenvalue weighted by atomic mass is 35.5. The molecule has 0 aliphatic rings. The molecular formula is C21H26ClNO2S. The zero-order chi connectivity index (χ0) is 18.9. The number of nitrogens with one attached hydrogen (secondary N) is 1. The van der Waals surface area contributed by atoms with Crippen molar-refractivity contribution in [2.75, 3.05) is 13.2 Å². The molecule has 5 heteroatoms. The van der Waals surface area contributed by atoms with Crippen molar-refractivity contribution in [3.63, 3.8) is 0 Å². The van der Waals surface area contributed by atoms with E-state index in [0.29, 0.717) is 24.1 Å². The van der Waals surface area contributed by atoms with Crippen LogP contribution in [0.3, 0.4) is 0 Å². The first-order valence-corrected chi connectivity index (χ1v) is 10.2. The smallest absolute Gasteiger partial charge is 0.233 e. The highest BCUT2D eigenvalue weighted by Gasteiger charge is 2.17. The molecule has 1 atom stereocenters. The lowest BCUT2D eigenvalue weighted by Crippen LogP contribution is -2.35. The molecule has 0 aromatic heterocycles. The Morgan fingerprint density at radius 3 is 2.50 bits per heavy atom. The number of halogens is 1. The third-order valence-corrected chi connectivity index (χ3v) is 5.58. The molecule has 0 saturated carbocycles. The lowest BCUT2D eigenvalue weighted by atomic mass is 10.0. The largest absolute Gasteiger partial charge is 0.491 e. The van der Waals surface area contributed by atoms with Gasteiger partial charge in [-0.25, -0.2) is 0 Å². The molecule has 0 saturated heterocycles. The van der Waals surface area contributed by atoms with E-state index >= 15 is 0 Å². The van der Waals surface area contributed by atoms with Gasteiger partial charge in [0.1, 0.15) is 12.4 Å². The number of carbonyl (C=O) groups excluding carboxylic acids is 1. The summed E-state index contributed by atoms with van der Waals surface area (Å²) in [5.74, 6) is 1.33. The van der Waals surface area contributed by atoms with E-state index in [1.54, 1.807) is 11.8 Å². The Hall–Kier alpha value is -1.65. The summed E-state index contributed by atoms with van der Waals surface area (Å²) in [5, 5.41) is 3.55. The van der Waals surface area contributed by atoms with Gasteiger partial charge in [0.05, 0.1) is 11.8 Å². The van der Waals surface area contributed by atoms with Crippen LogP contribution in [0, 0.1) is 0 Å². The second-order valence-electron chi connectivity index (χ2n) is 6.30. The number of amides is 1. The van der Waals surface area contributed by atoms with E-state index in [0.717, 1.165) is 17.1 Å². The fraction of sp³-hybridized carbons (Fsp3) is 0.381. The predicted octanol–water partition coefficient (Wildman–Crippen LogP) is 5.53. The van der Waals surface area contributed by atoms with E-state index in [1.807, 2.05) is 49.4 Å². The molecule has 3 nitrogen and oxygen atoms in total. The summed E-state index contributed by atoms with van der Waals surface area (Å²) >= 11 is 7.46. The molecule has 0 heterocycles. The molecule has 0 radical (unpaired) electrons. The van der Waals surface area contributed by atoms with Crippen LogP contribution >= 0.6 is 23.4 Å². The molecule has 0 bridgehead atoms. The van der Waals surface area contributed by atoms with E-state index in [2.05, 4.69) is 25.2 Å². The van der Waals surface area contributed by atoms with E-state index in [9.17, 15) is 4.79 Å². The van der Waals surface area contributed by atoms with Gasteiger partial charge in [0.25, 0.3) is 0 Å². The topological polar surface area (TPSA) is 38.3 Å². The Morgan fingerprint density at radius 2 is 1.85 bits per heavy atom. The van der Waals surface area contributed by atoms with Crippen LogP contribution < -0.4 is 10.1 Å². The second kappa shape index (κ2) is 10.5. The van der Waals surface area contributed by atoms with Crippen molar-refractivity contribution in [2.45, 2.75) is 43.3 Å². The monoisotopic (exact) mass is 391 g/mol. The van der Waals surface area contributed by atoms with Crippen LogP contribution in [-0.2, 0) is 4.79 Å². The third-order valence-electron chi connectivity index (χ3n) is 3.96. The summed E-state index contributed by atoms with van der Waals surface area (Å²) in [7, 11) is 0. The Morgan fingerprint density at radius 1 is 1.15 bits per heavy atom. The zero-order valence-corrected chi connectivity index (χ0v) is 17.1. The lowest BCUT2D eigenvalue weighted by molar-refractivity contribution is -0.120. The first-order chi connectivity index (χ1) is 12.5. The van der Waals surface area contributed by atoms with Gasteiger partial charge in [0, 0.05) is 9.92 Å². The molecule has 26 heavy (non-hydrogen) atoms. The van der Waals surface area contributed by atoms with Crippen molar-refractivity contribution in [1.82, 2.24) is 5.32 Å². The number of carbonyl (C=O) groups is 1. The molecule has 140 valence electrons. The Bertz CT molecular complexity index is 703. The molecular weight excluding hydrogens is 366 g/mol. The maximum Gasteiger partial charge on any atom is 0.233 e. The van der Waals surface area contributed by atoms with Crippen LogP contribution in [0.25, 0.3) is 0 Å². The van der Waals surface area contributed by atoms with Crippen LogP contribution in [-0.4, -0.2) is 24.3 Å². The summed E-state index contributed by atoms with van der Waals surface area (Å²) in [6.07, 6.45) is 0.760. The normalized spacial score (nSPS) is 12.0. The number of benzene rings is 2. The molecule has 2 aromatic carbocycles. The number of hydrogen-bond acceptors (Lipinski definition) is 3. The first-order valence-electron chi connectivity index (χ1n) is 8.93. The summed E-state index contributed by atoms with van der Waals surface area (Å²) in [6.45, 7) is 7.25. The van der Waals surface area contributed by atoms with Gasteiger partial charge in [0.15, 0.2) is 0 Å². The van der Waals surface area contributed by atoms with Gasteiger partial charge in [0.2, 0.25) is 5.91 Å². The minimum Gasteiger partial charge on any atom is -0.491 e. The minimum absolute atomic E-state index is 0.0354. The van der Waals surface area contributed by atoms with E-state index in [1.165, 1.54) is 5.56 Å². The average Bonchev–Trinajstić information content (AvgIpc) is 2.64. The molecule has 1 N–H and O–H groups in total. The maximum absolute atomic E-state index is 12.4. The quantitative estimate of drug-likeness (QED) is 0.451. The van der Waals surface area contributed by atoms with Gasteiger partial charge in [-0.2, -0.15) is 0 Å². The number of rotatable bonds is 9. The number of ether oxygens (including phenoxy) is 1. The maximum atomic E-state index is 12.4. The fourth-order valence-electron chi connectivity index (χ4n) is 2.54. The van der Waals surface area contributed by atoms with Crippen LogP contribution in [0.15, 0.2) is 53.4 Å². The molecule has 0 spiro atoms. The van der Waals surface area contributed by atoms with E-state index < -0.39 is 0 Å². The van der Waals surface area contributed by atoms with Crippen molar-refractivity contribution in [1.29, 1.82) is 0 Å². The molecule has 0 unspecified atom stereocenters. The van der Waals surface area contributed by atoms with Crippen LogP contribution in [0.1, 0.15) is 38.7 Å². The van der Waals surface area contributed by atoms with Gasteiger partial charge < -0.3 is 10.1 Å². The summed E-state index contributed by atoms with van der Waals surface area (Å²) in [6, 6.07) is 15.6. The Kier molecular flexibility index (Phi) is 8.33. The van der Waals surface area contributed by atoms with Gasteiger partial charge in [-0.1, -0.05) is 50.6 Å². The third kappa shape index (κ3) is 6.26. The zero-order valence-electron chi connectivity index (χ0n) is 15.5. The summed E-state index contributed by atoms with van der Waals surface area (Å²) < 4.78 is 5.86. The summed E-state index contributed by atoms with van der Waals surface area (Å²) in [5.41, 5.74) is 1.18. The van der Waals surface area contributed by atoms with Gasteiger partial charge in [-0.05, 0) is 48.2 Å². The van der Waals surface area contributed by atoms with Crippen molar-refractivity contribution in [3.8, 4) is 5.75 Å². The fourth-order valence-corrected chi connectivity index (χ4v) is 3.64. The predicted molar refractivity (Wildman–Crippen MR) is 110 cm³/mol. The van der Waals surface area contributed by atoms with Crippen LogP contribution in [0.4, 0.5) is 0 Å². The molecule has 1 amide bonds. The molecule has 0 aliphatic heterocycles. The highest BCUT2D eigenvalue weighted by Crippen LogP contribution is 2.27. The first kappa shape index (κ1) is 20.7. The van der Waals surface area contributed by atoms with Crippen LogP contribution in [0.2, 0.25) is 5.02 Å². The van der Waals surface area contributed by atoms with Gasteiger partial charge >= 0.3 is 0 Å². The molecule has 0 aliphatic carbocycles. The molecule has 0 fully saturated rings. The van der Waals surface area contributed by atoms with Crippen molar-refractivity contribution in [3.05, 3.63) is 59.1 Å². The number of para-hydroxylation sites is 1. The van der Waals surface area contributed by atoms with Crippen molar-refractivity contribution in [2.24, 2.45) is 0 Å². The van der Waals surface area contributed by atoms with E-state index in [-0.39, 0.29) is 11.2 Å². The average molecular weight is 392 g/mol. The lowest BCUT2D eigenvalue weighted by Gasteiger charge is -2.16. The highest BCUT2D eigenvalue weighted by molar-refractivity contribution is 8.00. The van der Waals surface area contributed by atoms with Crippen molar-refractivity contribution < 1.29 is 9.53 Å². The van der Waals surface area contributed by atoms with Crippen molar-refractivity contribution >= 4 is 29.3 Å². The van der Waals surface area contributed by atoms with E-state index in [4.69, 9.17) is 16.3 Å². The number of thioether (sulfide) groups is 1. The van der Waals surface area contributed by atoms with Crippen LogP contribution in [0.5, 0.6) is 5.75 Å². The summed E-state index contributed by atoms with van der Waals surface area (Å²) in [4.78, 5) is 13.5. The minimum atomic E-state index is -0.126. The van der Waals surface area contributed by atoms with Gasteiger partial charge in [-0.3, -0.25) is 4.79 Å². The van der Waals surface area contributed by atoms with Gasteiger partial charge in [-0.15, -0.1) is 11.8 Å². The second-order valence-corrected chi connectivity index (χ2v) is 8.01. The Labute approximate surface area is 165 Å². The molecule has 2 aromatic rings. The standard InChI is InChI=1S/C21H26ClNO2S/c1-4-20(26-17-11-9-16(22)10-12-17)21(24)23-13-14-25-19-8-6-5-7-18(19)15(2)3/h5-12,15,20H,4,13-14H2,1-3H3,(H,23,24)/t20-/m0/s1.